The first-order chi connectivity index (χ1) is 9.54. The second-order valence-electron chi connectivity index (χ2n) is 4.62. The third kappa shape index (κ3) is 5.36. The second kappa shape index (κ2) is 8.27. The zero-order valence-electron chi connectivity index (χ0n) is 11.7. The Morgan fingerprint density at radius 1 is 1.50 bits per heavy atom. The summed E-state index contributed by atoms with van der Waals surface area (Å²) in [7, 11) is 0. The lowest BCUT2D eigenvalue weighted by atomic mass is 9.99. The van der Waals surface area contributed by atoms with Crippen molar-refractivity contribution in [3.05, 3.63) is 30.1 Å². The molecule has 1 aromatic rings. The Morgan fingerprint density at radius 2 is 2.25 bits per heavy atom. The molecule has 0 aliphatic heterocycles. The number of hydrogen-bond acceptors (Lipinski definition) is 4. The Hall–Kier alpha value is -1.95. The molecule has 6 nitrogen and oxygen atoms in total. The van der Waals surface area contributed by atoms with Crippen LogP contribution in [-0.2, 0) is 20.9 Å². The van der Waals surface area contributed by atoms with Crippen LogP contribution >= 0.6 is 0 Å². The summed E-state index contributed by atoms with van der Waals surface area (Å²) < 4.78 is 5.23. The van der Waals surface area contributed by atoms with Crippen molar-refractivity contribution in [3.63, 3.8) is 0 Å². The molecule has 0 aromatic carbocycles. The van der Waals surface area contributed by atoms with E-state index >= 15 is 0 Å². The summed E-state index contributed by atoms with van der Waals surface area (Å²) in [4.78, 5) is 26.7. The molecule has 0 aliphatic rings. The summed E-state index contributed by atoms with van der Waals surface area (Å²) in [6.07, 6.45) is 3.98. The monoisotopic (exact) mass is 280 g/mol. The van der Waals surface area contributed by atoms with Gasteiger partial charge in [-0.1, -0.05) is 26.3 Å². The molecule has 6 heteroatoms. The van der Waals surface area contributed by atoms with E-state index in [0.717, 1.165) is 5.56 Å². The average molecular weight is 280 g/mol. The van der Waals surface area contributed by atoms with Gasteiger partial charge < -0.3 is 15.2 Å². The van der Waals surface area contributed by atoms with Gasteiger partial charge in [0.1, 0.15) is 12.6 Å². The number of carboxylic acids is 1. The van der Waals surface area contributed by atoms with Gasteiger partial charge in [-0.05, 0) is 17.5 Å². The Kier molecular flexibility index (Phi) is 6.66. The van der Waals surface area contributed by atoms with Crippen LogP contribution in [0.25, 0.3) is 0 Å². The predicted molar refractivity (Wildman–Crippen MR) is 72.9 cm³/mol. The molecule has 0 spiro atoms. The minimum absolute atomic E-state index is 0.130. The molecule has 0 aliphatic carbocycles. The molecule has 2 atom stereocenters. The molecule has 0 fully saturated rings. The minimum atomic E-state index is -1.03. The third-order valence-electron chi connectivity index (χ3n) is 3.02. The third-order valence-corrected chi connectivity index (χ3v) is 3.02. The van der Waals surface area contributed by atoms with Crippen molar-refractivity contribution in [1.29, 1.82) is 0 Å². The average Bonchev–Trinajstić information content (AvgIpc) is 2.45. The van der Waals surface area contributed by atoms with E-state index in [4.69, 9.17) is 9.84 Å². The molecule has 0 unspecified atom stereocenters. The highest BCUT2D eigenvalue weighted by molar-refractivity contribution is 5.84. The minimum Gasteiger partial charge on any atom is -0.480 e. The Morgan fingerprint density at radius 3 is 2.80 bits per heavy atom. The van der Waals surface area contributed by atoms with Crippen LogP contribution in [0.2, 0.25) is 0 Å². The van der Waals surface area contributed by atoms with Gasteiger partial charge in [-0.15, -0.1) is 0 Å². The van der Waals surface area contributed by atoms with Gasteiger partial charge in [0.2, 0.25) is 5.91 Å². The van der Waals surface area contributed by atoms with Crippen molar-refractivity contribution >= 4 is 11.9 Å². The van der Waals surface area contributed by atoms with E-state index in [1.165, 1.54) is 0 Å². The zero-order valence-corrected chi connectivity index (χ0v) is 11.7. The van der Waals surface area contributed by atoms with E-state index in [9.17, 15) is 9.59 Å². The Labute approximate surface area is 118 Å². The fraction of sp³-hybridized carbons (Fsp3) is 0.500. The molecule has 110 valence electrons. The summed E-state index contributed by atoms with van der Waals surface area (Å²) in [6.45, 7) is 3.76. The summed E-state index contributed by atoms with van der Waals surface area (Å²) in [5.41, 5.74) is 0.858. The quantitative estimate of drug-likeness (QED) is 0.747. The number of aromatic nitrogens is 1. The van der Waals surface area contributed by atoms with E-state index in [2.05, 4.69) is 10.3 Å². The van der Waals surface area contributed by atoms with Crippen LogP contribution in [0.5, 0.6) is 0 Å². The second-order valence-corrected chi connectivity index (χ2v) is 4.62. The number of ether oxygens (including phenoxy) is 1. The lowest BCUT2D eigenvalue weighted by molar-refractivity contribution is -0.144. The van der Waals surface area contributed by atoms with Gasteiger partial charge in [-0.2, -0.15) is 0 Å². The van der Waals surface area contributed by atoms with Crippen molar-refractivity contribution < 1.29 is 19.4 Å². The summed E-state index contributed by atoms with van der Waals surface area (Å²) >= 11 is 0. The fourth-order valence-corrected chi connectivity index (χ4v) is 1.64. The van der Waals surface area contributed by atoms with E-state index in [1.54, 1.807) is 25.4 Å². The highest BCUT2D eigenvalue weighted by Gasteiger charge is 2.25. The van der Waals surface area contributed by atoms with Gasteiger partial charge in [0.25, 0.3) is 0 Å². The number of amides is 1. The number of pyridine rings is 1. The highest BCUT2D eigenvalue weighted by Crippen LogP contribution is 2.07. The number of carboxylic acid groups (broad SMARTS) is 1. The van der Waals surface area contributed by atoms with Crippen molar-refractivity contribution in [2.75, 3.05) is 6.61 Å². The summed E-state index contributed by atoms with van der Waals surface area (Å²) in [6, 6.07) is 2.74. The first kappa shape index (κ1) is 16.1. The van der Waals surface area contributed by atoms with Crippen molar-refractivity contribution in [1.82, 2.24) is 10.3 Å². The van der Waals surface area contributed by atoms with E-state index in [-0.39, 0.29) is 19.1 Å². The van der Waals surface area contributed by atoms with Crippen LogP contribution in [0.3, 0.4) is 0 Å². The maximum absolute atomic E-state index is 11.7. The number of nitrogens with zero attached hydrogens (tertiary/aromatic N) is 1. The lowest BCUT2D eigenvalue weighted by Crippen LogP contribution is -2.46. The largest absolute Gasteiger partial charge is 0.480 e. The fourth-order valence-electron chi connectivity index (χ4n) is 1.64. The van der Waals surface area contributed by atoms with Crippen LogP contribution in [0, 0.1) is 5.92 Å². The molecule has 0 bridgehead atoms. The topological polar surface area (TPSA) is 88.5 Å². The van der Waals surface area contributed by atoms with Crippen LogP contribution < -0.4 is 5.32 Å². The van der Waals surface area contributed by atoms with Crippen LogP contribution in [0.4, 0.5) is 0 Å². The maximum Gasteiger partial charge on any atom is 0.326 e. The van der Waals surface area contributed by atoms with Crippen LogP contribution in [0.1, 0.15) is 25.8 Å². The molecule has 1 heterocycles. The van der Waals surface area contributed by atoms with Crippen molar-refractivity contribution in [2.24, 2.45) is 5.92 Å². The van der Waals surface area contributed by atoms with Crippen molar-refractivity contribution in [2.45, 2.75) is 32.9 Å². The van der Waals surface area contributed by atoms with E-state index in [1.807, 2.05) is 13.0 Å². The highest BCUT2D eigenvalue weighted by atomic mass is 16.5. The molecule has 0 saturated heterocycles. The van der Waals surface area contributed by atoms with Gasteiger partial charge in [0.05, 0.1) is 6.61 Å². The number of aliphatic carboxylic acids is 1. The van der Waals surface area contributed by atoms with Gasteiger partial charge in [0, 0.05) is 12.4 Å². The molecule has 1 amide bonds. The predicted octanol–water partition coefficient (Wildman–Crippen LogP) is 1.21. The number of rotatable bonds is 8. The molecule has 1 rings (SSSR count). The molecule has 1 aromatic heterocycles. The SMILES string of the molecule is CC[C@H](C)[C@@H](NC(=O)COCc1cccnc1)C(=O)O. The molecule has 0 radical (unpaired) electrons. The number of nitrogens with one attached hydrogen (secondary N) is 1. The van der Waals surface area contributed by atoms with Crippen LogP contribution in [0.15, 0.2) is 24.5 Å². The number of carbonyl (C=O) groups excluding carboxylic acids is 1. The van der Waals surface area contributed by atoms with Gasteiger partial charge in [-0.3, -0.25) is 9.78 Å². The first-order valence-corrected chi connectivity index (χ1v) is 6.53. The van der Waals surface area contributed by atoms with E-state index < -0.39 is 17.9 Å². The molecular formula is C14H20N2O4. The first-order valence-electron chi connectivity index (χ1n) is 6.53. The Bertz CT molecular complexity index is 436. The summed E-state index contributed by atoms with van der Waals surface area (Å²) in [5, 5.41) is 11.5. The zero-order chi connectivity index (χ0) is 15.0. The smallest absolute Gasteiger partial charge is 0.326 e. The normalized spacial score (nSPS) is 13.5. The number of hydrogen-bond donors (Lipinski definition) is 2. The van der Waals surface area contributed by atoms with Gasteiger partial charge in [-0.25, -0.2) is 4.79 Å². The molecule has 2 N–H and O–H groups in total. The van der Waals surface area contributed by atoms with Gasteiger partial charge in [0.15, 0.2) is 0 Å². The standard InChI is InChI=1S/C14H20N2O4/c1-3-10(2)13(14(18)19)16-12(17)9-20-8-11-5-4-6-15-7-11/h4-7,10,13H,3,8-9H2,1-2H3,(H,16,17)(H,18,19)/t10-,13+/m0/s1. The Balaban J connectivity index is 2.37. The van der Waals surface area contributed by atoms with Crippen LogP contribution in [-0.4, -0.2) is 34.6 Å². The lowest BCUT2D eigenvalue weighted by Gasteiger charge is -2.20. The maximum atomic E-state index is 11.7. The van der Waals surface area contributed by atoms with Gasteiger partial charge >= 0.3 is 5.97 Å². The molecule has 20 heavy (non-hydrogen) atoms. The van der Waals surface area contributed by atoms with Crippen molar-refractivity contribution in [3.8, 4) is 0 Å². The molecular weight excluding hydrogens is 260 g/mol. The van der Waals surface area contributed by atoms with E-state index in [0.29, 0.717) is 6.42 Å². The number of carbonyl (C=O) groups is 2. The molecule has 0 saturated carbocycles. The summed E-state index contributed by atoms with van der Waals surface area (Å²) in [5.74, 6) is -1.59.